The summed E-state index contributed by atoms with van der Waals surface area (Å²) in [5, 5.41) is 11.2. The number of carbonyl (C=O) groups is 1. The van der Waals surface area contributed by atoms with E-state index in [1.165, 1.54) is 11.9 Å². The maximum absolute atomic E-state index is 13.1. The molecule has 0 aliphatic rings. The van der Waals surface area contributed by atoms with Crippen molar-refractivity contribution in [2.45, 2.75) is 16.3 Å². The number of rotatable bonds is 8. The number of urea groups is 1. The van der Waals surface area contributed by atoms with Crippen molar-refractivity contribution in [3.8, 4) is 11.1 Å². The molecule has 0 aliphatic heterocycles. The highest BCUT2D eigenvalue weighted by Gasteiger charge is 2.18. The van der Waals surface area contributed by atoms with Crippen LogP contribution in [0.15, 0.2) is 107 Å². The number of amides is 2. The molecule has 1 aromatic heterocycles. The first kappa shape index (κ1) is 23.7. The first-order valence-electron chi connectivity index (χ1n) is 10.4. The fourth-order valence-corrected chi connectivity index (χ4v) is 4.56. The summed E-state index contributed by atoms with van der Waals surface area (Å²) < 4.78 is 16.1. The second-order valence-corrected chi connectivity index (χ2v) is 9.14. The van der Waals surface area contributed by atoms with Crippen molar-refractivity contribution in [1.29, 1.82) is 0 Å². The van der Waals surface area contributed by atoms with Crippen LogP contribution >= 0.6 is 11.9 Å². The van der Waals surface area contributed by atoms with Crippen LogP contribution in [0.1, 0.15) is 5.56 Å². The molecule has 0 radical (unpaired) electrons. The molecule has 0 saturated carbocycles. The van der Waals surface area contributed by atoms with Crippen molar-refractivity contribution >= 4 is 40.7 Å². The van der Waals surface area contributed by atoms with E-state index in [-0.39, 0.29) is 6.03 Å². The highest BCUT2D eigenvalue weighted by Crippen LogP contribution is 2.30. The Bertz CT molecular complexity index is 1220. The maximum Gasteiger partial charge on any atom is 0.319 e. The van der Waals surface area contributed by atoms with Gasteiger partial charge in [0.2, 0.25) is 0 Å². The van der Waals surface area contributed by atoms with Crippen LogP contribution in [0.25, 0.3) is 11.1 Å². The van der Waals surface area contributed by atoms with Gasteiger partial charge in [0, 0.05) is 35.1 Å². The lowest BCUT2D eigenvalue weighted by molar-refractivity contribution is 0.251. The summed E-state index contributed by atoms with van der Waals surface area (Å²) in [6.07, 6.45) is 3.39. The van der Waals surface area contributed by atoms with Crippen LogP contribution in [0.3, 0.4) is 0 Å². The number of aromatic nitrogens is 1. The first-order chi connectivity index (χ1) is 16.6. The number of hydrogen-bond donors (Lipinski definition) is 4. The topological polar surface area (TPSA) is 115 Å². The number of benzene rings is 3. The third-order valence-electron chi connectivity index (χ3n) is 4.92. The van der Waals surface area contributed by atoms with Gasteiger partial charge in [-0.25, -0.2) is 9.52 Å². The zero-order valence-electron chi connectivity index (χ0n) is 18.1. The van der Waals surface area contributed by atoms with Gasteiger partial charge in [0.1, 0.15) is 11.4 Å². The van der Waals surface area contributed by atoms with E-state index in [2.05, 4.69) is 20.3 Å². The molecule has 0 aliphatic carbocycles. The van der Waals surface area contributed by atoms with Gasteiger partial charge in [-0.2, -0.15) is 0 Å². The van der Waals surface area contributed by atoms with Crippen molar-refractivity contribution in [1.82, 2.24) is 10.3 Å². The molecular formula is C25H23N5O2S2. The summed E-state index contributed by atoms with van der Waals surface area (Å²) in [5.74, 6) is 0. The Morgan fingerprint density at radius 1 is 0.941 bits per heavy atom. The van der Waals surface area contributed by atoms with Gasteiger partial charge in [-0.3, -0.25) is 10.1 Å². The van der Waals surface area contributed by atoms with E-state index in [0.29, 0.717) is 22.8 Å². The predicted molar refractivity (Wildman–Crippen MR) is 138 cm³/mol. The zero-order chi connectivity index (χ0) is 23.8. The number of anilines is 2. The Kier molecular flexibility index (Phi) is 8.05. The largest absolute Gasteiger partial charge is 0.588 e. The van der Waals surface area contributed by atoms with Crippen LogP contribution in [0, 0.1) is 0 Å². The fourth-order valence-electron chi connectivity index (χ4n) is 3.22. The highest BCUT2D eigenvalue weighted by molar-refractivity contribution is 7.97. The Balaban J connectivity index is 1.37. The first-order valence-corrected chi connectivity index (χ1v) is 12.4. The third kappa shape index (κ3) is 6.30. The SMILES string of the molecule is NSc1ccc(-c2ccccc2[S+]([O-])Nc2ccc(NC(=O)NCc3cccnc3)cc2)cc1. The van der Waals surface area contributed by atoms with Gasteiger partial charge in [-0.05, 0) is 77.7 Å². The molecule has 4 aromatic rings. The summed E-state index contributed by atoms with van der Waals surface area (Å²) in [4.78, 5) is 17.8. The van der Waals surface area contributed by atoms with E-state index < -0.39 is 11.4 Å². The van der Waals surface area contributed by atoms with E-state index in [4.69, 9.17) is 5.14 Å². The lowest BCUT2D eigenvalue weighted by Gasteiger charge is -2.15. The van der Waals surface area contributed by atoms with Crippen molar-refractivity contribution in [2.75, 3.05) is 10.0 Å². The Hall–Kier alpha value is -3.50. The Labute approximate surface area is 205 Å². The maximum atomic E-state index is 13.1. The van der Waals surface area contributed by atoms with Crippen LogP contribution in [-0.2, 0) is 17.9 Å². The van der Waals surface area contributed by atoms with Crippen LogP contribution < -0.4 is 20.5 Å². The lowest BCUT2D eigenvalue weighted by atomic mass is 10.1. The zero-order valence-corrected chi connectivity index (χ0v) is 19.7. The summed E-state index contributed by atoms with van der Waals surface area (Å²) >= 11 is -0.294. The number of carbonyl (C=O) groups excluding carboxylic acids is 1. The third-order valence-corrected chi connectivity index (χ3v) is 6.64. The fraction of sp³-hybridized carbons (Fsp3) is 0.0400. The highest BCUT2D eigenvalue weighted by atomic mass is 32.2. The van der Waals surface area contributed by atoms with Gasteiger partial charge in [0.25, 0.3) is 0 Å². The van der Waals surface area contributed by atoms with Gasteiger partial charge < -0.3 is 15.2 Å². The van der Waals surface area contributed by atoms with Crippen molar-refractivity contribution < 1.29 is 9.35 Å². The summed E-state index contributed by atoms with van der Waals surface area (Å²) in [7, 11) is 0. The summed E-state index contributed by atoms with van der Waals surface area (Å²) in [6, 6.07) is 25.8. The Morgan fingerprint density at radius 2 is 1.68 bits per heavy atom. The van der Waals surface area contributed by atoms with Crippen LogP contribution in [0.4, 0.5) is 16.2 Å². The number of hydrogen-bond acceptors (Lipinski definition) is 6. The molecular weight excluding hydrogens is 466 g/mol. The van der Waals surface area contributed by atoms with Gasteiger partial charge >= 0.3 is 6.03 Å². The molecule has 0 spiro atoms. The van der Waals surface area contributed by atoms with Crippen LogP contribution in [0.5, 0.6) is 0 Å². The minimum absolute atomic E-state index is 0.318. The second-order valence-electron chi connectivity index (χ2n) is 7.26. The molecule has 172 valence electrons. The molecule has 34 heavy (non-hydrogen) atoms. The van der Waals surface area contributed by atoms with E-state index in [1.807, 2.05) is 60.7 Å². The standard InChI is InChI=1S/C25H23N5O2S2/c26-33-22-13-7-19(8-14-22)23-5-1-2-6-24(23)34(32)30-21-11-9-20(10-12-21)29-25(31)28-17-18-4-3-15-27-16-18/h1-16,30H,17,26H2,(H2,28,29,31). The van der Waals surface area contributed by atoms with E-state index in [9.17, 15) is 9.35 Å². The summed E-state index contributed by atoms with van der Waals surface area (Å²) in [6.45, 7) is 0.380. The second kappa shape index (κ2) is 11.6. The minimum atomic E-state index is -1.48. The normalized spacial score (nSPS) is 11.5. The van der Waals surface area contributed by atoms with Crippen molar-refractivity contribution in [3.63, 3.8) is 0 Å². The van der Waals surface area contributed by atoms with Crippen molar-refractivity contribution in [3.05, 3.63) is 103 Å². The van der Waals surface area contributed by atoms with Gasteiger partial charge in [0.05, 0.1) is 5.69 Å². The molecule has 5 N–H and O–H groups in total. The number of nitrogens with one attached hydrogen (secondary N) is 3. The lowest BCUT2D eigenvalue weighted by Crippen LogP contribution is -2.28. The number of pyridine rings is 1. The monoisotopic (exact) mass is 489 g/mol. The van der Waals surface area contributed by atoms with Crippen LogP contribution in [-0.4, -0.2) is 15.6 Å². The van der Waals surface area contributed by atoms with Crippen LogP contribution in [0.2, 0.25) is 0 Å². The van der Waals surface area contributed by atoms with E-state index in [0.717, 1.165) is 21.6 Å². The smallest absolute Gasteiger partial charge is 0.319 e. The number of nitrogens with zero attached hydrogens (tertiary/aromatic N) is 1. The van der Waals surface area contributed by atoms with E-state index in [1.54, 1.807) is 36.7 Å². The van der Waals surface area contributed by atoms with Gasteiger partial charge in [0.15, 0.2) is 4.90 Å². The van der Waals surface area contributed by atoms with Gasteiger partial charge in [-0.1, -0.05) is 30.3 Å². The molecule has 4 rings (SSSR count). The van der Waals surface area contributed by atoms with Gasteiger partial charge in [-0.15, -0.1) is 0 Å². The molecule has 0 fully saturated rings. The average Bonchev–Trinajstić information content (AvgIpc) is 2.89. The molecule has 3 aromatic carbocycles. The molecule has 1 unspecified atom stereocenters. The molecule has 2 amide bonds. The Morgan fingerprint density at radius 3 is 2.38 bits per heavy atom. The quantitative estimate of drug-likeness (QED) is 0.200. The predicted octanol–water partition coefficient (Wildman–Crippen LogP) is 5.17. The number of nitrogens with two attached hydrogens (primary N) is 1. The molecule has 7 nitrogen and oxygen atoms in total. The van der Waals surface area contributed by atoms with E-state index >= 15 is 0 Å². The molecule has 9 heteroatoms. The van der Waals surface area contributed by atoms with Crippen molar-refractivity contribution in [2.24, 2.45) is 5.14 Å². The average molecular weight is 490 g/mol. The molecule has 0 bridgehead atoms. The molecule has 0 saturated heterocycles. The summed E-state index contributed by atoms with van der Waals surface area (Å²) in [5.41, 5.74) is 4.04. The molecule has 1 atom stereocenters. The molecule has 1 heterocycles. The minimum Gasteiger partial charge on any atom is -0.588 e.